The molecule has 0 saturated carbocycles. The summed E-state index contributed by atoms with van der Waals surface area (Å²) < 4.78 is 6.74. The molecular formula is C55H39N3O. The highest BCUT2D eigenvalue weighted by Crippen LogP contribution is 2.52. The molecule has 0 saturated heterocycles. The fraction of sp³-hybridized carbons (Fsp3) is 0.0727. The second kappa shape index (κ2) is 13.9. The van der Waals surface area contributed by atoms with E-state index in [4.69, 9.17) is 19.4 Å². The second-order valence-electron chi connectivity index (χ2n) is 15.9. The maximum Gasteiger partial charge on any atom is 0.164 e. The monoisotopic (exact) mass is 757 g/mol. The molecule has 8 aromatic carbocycles. The summed E-state index contributed by atoms with van der Waals surface area (Å²) in [5.41, 5.74) is 15.3. The molecule has 0 radical (unpaired) electrons. The number of benzene rings is 8. The van der Waals surface area contributed by atoms with Crippen LogP contribution in [-0.4, -0.2) is 15.0 Å². The van der Waals surface area contributed by atoms with Crippen molar-refractivity contribution in [2.75, 3.05) is 0 Å². The van der Waals surface area contributed by atoms with Crippen LogP contribution in [0.25, 0.3) is 78.4 Å². The van der Waals surface area contributed by atoms with Gasteiger partial charge in [0.2, 0.25) is 0 Å². The minimum Gasteiger partial charge on any atom is -0.456 e. The van der Waals surface area contributed by atoms with Crippen molar-refractivity contribution in [3.63, 3.8) is 0 Å². The predicted molar refractivity (Wildman–Crippen MR) is 240 cm³/mol. The highest BCUT2D eigenvalue weighted by atomic mass is 16.3. The largest absolute Gasteiger partial charge is 0.456 e. The van der Waals surface area contributed by atoms with Crippen molar-refractivity contribution >= 4 is 21.9 Å². The van der Waals surface area contributed by atoms with Gasteiger partial charge in [-0.15, -0.1) is 0 Å². The van der Waals surface area contributed by atoms with Gasteiger partial charge >= 0.3 is 0 Å². The predicted octanol–water partition coefficient (Wildman–Crippen LogP) is 13.9. The molecule has 2 heterocycles. The molecule has 0 amide bonds. The zero-order valence-corrected chi connectivity index (χ0v) is 32.8. The van der Waals surface area contributed by atoms with Crippen molar-refractivity contribution in [2.24, 2.45) is 0 Å². The number of nitrogens with zero attached hydrogens (tertiary/aromatic N) is 3. The first-order valence-corrected chi connectivity index (χ1v) is 20.2. The summed E-state index contributed by atoms with van der Waals surface area (Å²) in [7, 11) is 0. The normalized spacial score (nSPS) is 13.3. The van der Waals surface area contributed by atoms with Crippen LogP contribution in [0.2, 0.25) is 0 Å². The van der Waals surface area contributed by atoms with E-state index in [1.54, 1.807) is 0 Å². The SMILES string of the molecule is CC1(C)c2ccccc2-c2cccc(-c3nc(-c4ccccc4)nc(-c4ccc5c(c4)oc4cccc(C(c6ccccc6)c6ccc(-c7ccccc7)cc6)c45)n3)c21. The zero-order valence-electron chi connectivity index (χ0n) is 32.8. The smallest absolute Gasteiger partial charge is 0.164 e. The van der Waals surface area contributed by atoms with Crippen LogP contribution < -0.4 is 0 Å². The minimum absolute atomic E-state index is 0.00675. The number of furan rings is 1. The van der Waals surface area contributed by atoms with Gasteiger partial charge in [0.1, 0.15) is 11.2 Å². The molecular weight excluding hydrogens is 719 g/mol. The van der Waals surface area contributed by atoms with Crippen molar-refractivity contribution in [3.05, 3.63) is 222 Å². The number of hydrogen-bond acceptors (Lipinski definition) is 4. The highest BCUT2D eigenvalue weighted by Gasteiger charge is 2.38. The lowest BCUT2D eigenvalue weighted by Gasteiger charge is -2.24. The Bertz CT molecular complexity index is 3170. The molecule has 11 rings (SSSR count). The number of aromatic nitrogens is 3. The number of fused-ring (bicyclic) bond motifs is 6. The third-order valence-electron chi connectivity index (χ3n) is 12.1. The third kappa shape index (κ3) is 5.87. The molecule has 59 heavy (non-hydrogen) atoms. The van der Waals surface area contributed by atoms with Gasteiger partial charge in [0, 0.05) is 38.8 Å². The van der Waals surface area contributed by atoms with E-state index < -0.39 is 0 Å². The van der Waals surface area contributed by atoms with Crippen LogP contribution in [0.4, 0.5) is 0 Å². The Morgan fingerprint density at radius 2 is 0.983 bits per heavy atom. The first kappa shape index (κ1) is 34.8. The molecule has 1 atom stereocenters. The van der Waals surface area contributed by atoms with Crippen LogP contribution in [0, 0.1) is 0 Å². The Labute approximate surface area is 343 Å². The van der Waals surface area contributed by atoms with Gasteiger partial charge in [0.25, 0.3) is 0 Å². The maximum absolute atomic E-state index is 6.74. The van der Waals surface area contributed by atoms with Gasteiger partial charge in [0.05, 0.1) is 0 Å². The highest BCUT2D eigenvalue weighted by molar-refractivity contribution is 6.08. The molecule has 1 aliphatic rings. The zero-order chi connectivity index (χ0) is 39.5. The van der Waals surface area contributed by atoms with Crippen LogP contribution in [0.3, 0.4) is 0 Å². The van der Waals surface area contributed by atoms with E-state index in [1.165, 1.54) is 50.1 Å². The van der Waals surface area contributed by atoms with E-state index in [1.807, 2.05) is 18.2 Å². The van der Waals surface area contributed by atoms with Crippen molar-refractivity contribution < 1.29 is 4.42 Å². The summed E-state index contributed by atoms with van der Waals surface area (Å²) in [5, 5.41) is 2.16. The number of hydrogen-bond donors (Lipinski definition) is 0. The lowest BCUT2D eigenvalue weighted by Crippen LogP contribution is -2.17. The van der Waals surface area contributed by atoms with Gasteiger partial charge in [0.15, 0.2) is 17.5 Å². The van der Waals surface area contributed by atoms with Crippen molar-refractivity contribution in [3.8, 4) is 56.4 Å². The molecule has 4 heteroatoms. The third-order valence-corrected chi connectivity index (χ3v) is 12.1. The quantitative estimate of drug-likeness (QED) is 0.152. The van der Waals surface area contributed by atoms with Gasteiger partial charge in [-0.25, -0.2) is 15.0 Å². The summed E-state index contributed by atoms with van der Waals surface area (Å²) in [5.74, 6) is 1.88. The van der Waals surface area contributed by atoms with Gasteiger partial charge < -0.3 is 4.42 Å². The first-order valence-electron chi connectivity index (χ1n) is 20.2. The number of rotatable bonds is 7. The summed E-state index contributed by atoms with van der Waals surface area (Å²) in [6.07, 6.45) is 0. The fourth-order valence-electron chi connectivity index (χ4n) is 9.30. The molecule has 10 aromatic rings. The van der Waals surface area contributed by atoms with Gasteiger partial charge in [-0.2, -0.15) is 0 Å². The van der Waals surface area contributed by atoms with E-state index in [2.05, 4.69) is 190 Å². The first-order chi connectivity index (χ1) is 29.0. The van der Waals surface area contributed by atoms with E-state index in [-0.39, 0.29) is 11.3 Å². The van der Waals surface area contributed by atoms with Crippen molar-refractivity contribution in [2.45, 2.75) is 25.2 Å². The van der Waals surface area contributed by atoms with Gasteiger partial charge in [-0.1, -0.05) is 190 Å². The second-order valence-corrected chi connectivity index (χ2v) is 15.9. The molecule has 0 aliphatic heterocycles. The van der Waals surface area contributed by atoms with E-state index in [9.17, 15) is 0 Å². The summed E-state index contributed by atoms with van der Waals surface area (Å²) in [4.78, 5) is 15.5. The molecule has 0 spiro atoms. The Kier molecular flexibility index (Phi) is 8.19. The fourth-order valence-corrected chi connectivity index (χ4v) is 9.30. The summed E-state index contributed by atoms with van der Waals surface area (Å²) in [6, 6.07) is 68.5. The van der Waals surface area contributed by atoms with Crippen molar-refractivity contribution in [1.29, 1.82) is 0 Å². The lowest BCUT2D eigenvalue weighted by molar-refractivity contribution is 0.661. The van der Waals surface area contributed by atoms with Gasteiger partial charge in [-0.3, -0.25) is 0 Å². The molecule has 280 valence electrons. The van der Waals surface area contributed by atoms with E-state index >= 15 is 0 Å². The Balaban J connectivity index is 1.06. The molecule has 0 fully saturated rings. The van der Waals surface area contributed by atoms with E-state index in [0.717, 1.165) is 38.6 Å². The van der Waals surface area contributed by atoms with Crippen LogP contribution in [-0.2, 0) is 5.41 Å². The minimum atomic E-state index is -0.228. The molecule has 0 bridgehead atoms. The van der Waals surface area contributed by atoms with E-state index in [0.29, 0.717) is 17.5 Å². The molecule has 4 nitrogen and oxygen atoms in total. The van der Waals surface area contributed by atoms with Crippen LogP contribution in [0.1, 0.15) is 47.6 Å². The average Bonchev–Trinajstić information content (AvgIpc) is 3.79. The molecule has 2 aromatic heterocycles. The summed E-state index contributed by atoms with van der Waals surface area (Å²) in [6.45, 7) is 4.60. The molecule has 1 unspecified atom stereocenters. The molecule has 0 N–H and O–H groups in total. The van der Waals surface area contributed by atoms with Crippen LogP contribution >= 0.6 is 0 Å². The van der Waals surface area contributed by atoms with Crippen LogP contribution in [0.15, 0.2) is 199 Å². The standard InChI is InChI=1S/C55H39N3O/c1-55(2)46-26-13-12-22-41(46)42-23-14-25-45(51(42)55)54-57-52(39-20-10-5-11-21-39)56-53(58-54)40-32-33-43-48(34-40)59-47-27-15-24-44(50(43)47)49(37-18-8-4-9-19-37)38-30-28-36(29-31-38)35-16-6-3-7-17-35/h3-34,49H,1-2H3. The van der Waals surface area contributed by atoms with Gasteiger partial charge in [-0.05, 0) is 68.3 Å². The molecule has 1 aliphatic carbocycles. The van der Waals surface area contributed by atoms with Crippen molar-refractivity contribution in [1.82, 2.24) is 15.0 Å². The average molecular weight is 758 g/mol. The van der Waals surface area contributed by atoms with Crippen LogP contribution in [0.5, 0.6) is 0 Å². The Hall–Kier alpha value is -7.43. The maximum atomic E-state index is 6.74. The Morgan fingerprint density at radius 1 is 0.424 bits per heavy atom. The summed E-state index contributed by atoms with van der Waals surface area (Å²) >= 11 is 0. The topological polar surface area (TPSA) is 51.8 Å². The lowest BCUT2D eigenvalue weighted by atomic mass is 9.80. The Morgan fingerprint density at radius 3 is 1.75 bits per heavy atom.